The molecule has 0 saturated heterocycles. The van der Waals surface area contributed by atoms with Gasteiger partial charge in [0, 0.05) is 23.5 Å². The molecule has 0 amide bonds. The number of nitrogens with zero attached hydrogens (tertiary/aromatic N) is 1. The first kappa shape index (κ1) is 19.8. The fraction of sp³-hybridized carbons (Fsp3) is 0.722. The first-order chi connectivity index (χ1) is 11.0. The Kier molecular flexibility index (Phi) is 5.77. The highest BCUT2D eigenvalue weighted by Gasteiger charge is 2.39. The molecule has 136 valence electrons. The van der Waals surface area contributed by atoms with Gasteiger partial charge in [-0.1, -0.05) is 0 Å². The second kappa shape index (κ2) is 7.00. The van der Waals surface area contributed by atoms with E-state index < -0.39 is 16.6 Å². The van der Waals surface area contributed by atoms with Crippen LogP contribution in [-0.2, 0) is 26.8 Å². The summed E-state index contributed by atoms with van der Waals surface area (Å²) in [5, 5.41) is 2.47. The Morgan fingerprint density at radius 3 is 1.92 bits per heavy atom. The Balaban J connectivity index is 2.58. The van der Waals surface area contributed by atoms with E-state index in [-0.39, 0.29) is 12.2 Å². The van der Waals surface area contributed by atoms with Crippen LogP contribution in [0.1, 0.15) is 44.5 Å². The minimum absolute atomic E-state index is 0.210. The first-order valence-electron chi connectivity index (χ1n) is 8.92. The van der Waals surface area contributed by atoms with Gasteiger partial charge in [-0.25, -0.2) is 0 Å². The summed E-state index contributed by atoms with van der Waals surface area (Å²) >= 11 is 0. The summed E-state index contributed by atoms with van der Waals surface area (Å²) in [6.07, 6.45) is 0.431. The van der Waals surface area contributed by atoms with Gasteiger partial charge in [-0.2, -0.15) is 0 Å². The monoisotopic (exact) mass is 367 g/mol. The van der Waals surface area contributed by atoms with E-state index in [1.165, 1.54) is 16.3 Å². The average molecular weight is 368 g/mol. The molecule has 1 aromatic rings. The van der Waals surface area contributed by atoms with Crippen molar-refractivity contribution in [2.45, 2.75) is 86.2 Å². The van der Waals surface area contributed by atoms with Gasteiger partial charge in [-0.05, 0) is 71.6 Å². The Labute approximate surface area is 149 Å². The highest BCUT2D eigenvalue weighted by Crippen LogP contribution is 2.24. The van der Waals surface area contributed by atoms with Crippen LogP contribution in [0.2, 0.25) is 26.2 Å². The Morgan fingerprint density at radius 2 is 1.38 bits per heavy atom. The molecule has 0 fully saturated rings. The van der Waals surface area contributed by atoms with E-state index in [9.17, 15) is 0 Å². The molecule has 0 spiro atoms. The normalized spacial score (nSPS) is 15.5. The summed E-state index contributed by atoms with van der Waals surface area (Å²) in [6.45, 7) is 20.9. The molecular formula is C18H33NO3Si2. The largest absolute Gasteiger partial charge is 0.411 e. The van der Waals surface area contributed by atoms with Crippen LogP contribution in [0.25, 0.3) is 0 Å². The topological polar surface area (TPSA) is 40.6 Å². The lowest BCUT2D eigenvalue weighted by atomic mass is 10.1. The number of aromatic nitrogens is 1. The summed E-state index contributed by atoms with van der Waals surface area (Å²) < 4.78 is 18.5. The molecule has 2 rings (SSSR count). The summed E-state index contributed by atoms with van der Waals surface area (Å²) in [4.78, 5) is 5.05. The molecule has 0 aromatic carbocycles. The zero-order valence-corrected chi connectivity index (χ0v) is 18.7. The molecule has 2 heterocycles. The summed E-state index contributed by atoms with van der Waals surface area (Å²) in [6, 6.07) is 0. The SMILES string of the molecule is Cc1nc([Si](C)(C)OC(C)C)c2c(c1[Si](C)(C)OC(C)C)COC2. The van der Waals surface area contributed by atoms with Crippen molar-refractivity contribution in [2.75, 3.05) is 0 Å². The third-order valence-electron chi connectivity index (χ3n) is 4.32. The number of fused-ring (bicyclic) bond motifs is 1. The van der Waals surface area contributed by atoms with E-state index in [1.807, 2.05) is 0 Å². The molecule has 0 N–H and O–H groups in total. The molecule has 4 nitrogen and oxygen atoms in total. The van der Waals surface area contributed by atoms with Crippen LogP contribution < -0.4 is 10.5 Å². The van der Waals surface area contributed by atoms with E-state index in [4.69, 9.17) is 18.6 Å². The smallest absolute Gasteiger partial charge is 0.238 e. The van der Waals surface area contributed by atoms with Crippen molar-refractivity contribution in [1.82, 2.24) is 4.98 Å². The number of ether oxygens (including phenoxy) is 1. The molecule has 1 aliphatic heterocycles. The number of hydrogen-bond acceptors (Lipinski definition) is 4. The fourth-order valence-corrected chi connectivity index (χ4v) is 9.81. The summed E-state index contributed by atoms with van der Waals surface area (Å²) in [5.41, 5.74) is 3.68. The third kappa shape index (κ3) is 3.99. The van der Waals surface area contributed by atoms with Crippen molar-refractivity contribution in [2.24, 2.45) is 0 Å². The summed E-state index contributed by atoms with van der Waals surface area (Å²) in [7, 11) is -4.09. The Hall–Kier alpha value is -0.536. The van der Waals surface area contributed by atoms with Gasteiger partial charge in [0.2, 0.25) is 16.6 Å². The number of hydrogen-bond donors (Lipinski definition) is 0. The average Bonchev–Trinajstić information content (AvgIpc) is 2.82. The van der Waals surface area contributed by atoms with Crippen molar-refractivity contribution in [3.05, 3.63) is 16.8 Å². The lowest BCUT2D eigenvalue weighted by Crippen LogP contribution is -2.55. The van der Waals surface area contributed by atoms with Gasteiger partial charge >= 0.3 is 0 Å². The quantitative estimate of drug-likeness (QED) is 0.725. The molecule has 0 radical (unpaired) electrons. The lowest BCUT2D eigenvalue weighted by molar-refractivity contribution is 0.134. The molecular weight excluding hydrogens is 334 g/mol. The number of aryl methyl sites for hydroxylation is 1. The van der Waals surface area contributed by atoms with E-state index in [1.54, 1.807) is 0 Å². The highest BCUT2D eigenvalue weighted by atomic mass is 28.4. The van der Waals surface area contributed by atoms with E-state index in [2.05, 4.69) is 60.8 Å². The van der Waals surface area contributed by atoms with Crippen molar-refractivity contribution in [3.63, 3.8) is 0 Å². The minimum Gasteiger partial charge on any atom is -0.411 e. The van der Waals surface area contributed by atoms with Crippen molar-refractivity contribution in [3.8, 4) is 0 Å². The third-order valence-corrected chi connectivity index (χ3v) is 9.86. The first-order valence-corrected chi connectivity index (χ1v) is 14.7. The van der Waals surface area contributed by atoms with E-state index >= 15 is 0 Å². The van der Waals surface area contributed by atoms with E-state index in [0.717, 1.165) is 11.0 Å². The van der Waals surface area contributed by atoms with Crippen LogP contribution in [-0.4, -0.2) is 33.8 Å². The van der Waals surface area contributed by atoms with Gasteiger partial charge in [0.1, 0.15) is 0 Å². The zero-order valence-electron chi connectivity index (χ0n) is 16.7. The molecule has 6 heteroatoms. The number of pyridine rings is 1. The molecule has 1 aromatic heterocycles. The minimum atomic E-state index is -2.06. The molecule has 1 aliphatic rings. The summed E-state index contributed by atoms with van der Waals surface area (Å²) in [5.74, 6) is 0. The molecule has 0 saturated carbocycles. The molecule has 0 aliphatic carbocycles. The Morgan fingerprint density at radius 1 is 0.875 bits per heavy atom. The Bertz CT molecular complexity index is 613. The molecule has 24 heavy (non-hydrogen) atoms. The maximum atomic E-state index is 6.34. The highest BCUT2D eigenvalue weighted by molar-refractivity contribution is 6.86. The van der Waals surface area contributed by atoms with Gasteiger partial charge in [0.05, 0.1) is 18.5 Å². The van der Waals surface area contributed by atoms with Crippen LogP contribution >= 0.6 is 0 Å². The zero-order chi connectivity index (χ0) is 18.3. The van der Waals surface area contributed by atoms with Crippen LogP contribution in [0.4, 0.5) is 0 Å². The molecule has 0 unspecified atom stereocenters. The van der Waals surface area contributed by atoms with Crippen LogP contribution in [0.3, 0.4) is 0 Å². The van der Waals surface area contributed by atoms with Crippen molar-refractivity contribution < 1.29 is 13.6 Å². The second-order valence-corrected chi connectivity index (χ2v) is 15.7. The van der Waals surface area contributed by atoms with Gasteiger partial charge in [-0.3, -0.25) is 4.98 Å². The van der Waals surface area contributed by atoms with E-state index in [0.29, 0.717) is 13.2 Å². The van der Waals surface area contributed by atoms with Crippen LogP contribution in [0.15, 0.2) is 0 Å². The van der Waals surface area contributed by atoms with Gasteiger partial charge in [0.25, 0.3) is 0 Å². The fourth-order valence-electron chi connectivity index (χ4n) is 3.96. The maximum Gasteiger partial charge on any atom is 0.238 e. The second-order valence-electron chi connectivity index (χ2n) is 8.22. The molecule has 0 bridgehead atoms. The van der Waals surface area contributed by atoms with Gasteiger partial charge in [0.15, 0.2) is 0 Å². The maximum absolute atomic E-state index is 6.34. The predicted octanol–water partition coefficient (Wildman–Crippen LogP) is 3.09. The van der Waals surface area contributed by atoms with Crippen molar-refractivity contribution in [1.29, 1.82) is 0 Å². The predicted molar refractivity (Wildman–Crippen MR) is 104 cm³/mol. The standard InChI is InChI=1S/C18H33NO3Si2/c1-12(2)21-23(6,7)17-14(5)19-18(16-11-20-10-15(16)17)24(8,9)22-13(3)4/h12-13H,10-11H2,1-9H3. The van der Waals surface area contributed by atoms with Crippen LogP contribution in [0.5, 0.6) is 0 Å². The van der Waals surface area contributed by atoms with Crippen molar-refractivity contribution >= 4 is 27.1 Å². The molecule has 0 atom stereocenters. The van der Waals surface area contributed by atoms with Gasteiger partial charge in [-0.15, -0.1) is 0 Å². The van der Waals surface area contributed by atoms with Crippen LogP contribution in [0, 0.1) is 6.92 Å². The lowest BCUT2D eigenvalue weighted by Gasteiger charge is -2.32. The number of rotatable bonds is 6. The van der Waals surface area contributed by atoms with Gasteiger partial charge < -0.3 is 13.6 Å².